The largest absolute Gasteiger partial charge is 0.368 e. The van der Waals surface area contributed by atoms with Crippen molar-refractivity contribution in [2.24, 2.45) is 5.92 Å². The third-order valence-electron chi connectivity index (χ3n) is 4.76. The fourth-order valence-corrected chi connectivity index (χ4v) is 3.40. The standard InChI is InChI=1S/C19H20N6O/c1-24(14-6-3-2-4-7-14)18(26)13-9-11-25(12-13)17-16-15(8-5-10-21-16)22-19(20)23-17/h2-8,10,13H,9,11-12H2,1H3,(H2,20,22,23). The van der Waals surface area contributed by atoms with E-state index in [4.69, 9.17) is 5.73 Å². The molecule has 1 saturated heterocycles. The molecule has 2 aromatic heterocycles. The van der Waals surface area contributed by atoms with Crippen LogP contribution in [-0.2, 0) is 4.79 Å². The lowest BCUT2D eigenvalue weighted by atomic mass is 10.1. The summed E-state index contributed by atoms with van der Waals surface area (Å²) >= 11 is 0. The van der Waals surface area contributed by atoms with Gasteiger partial charge in [0.2, 0.25) is 11.9 Å². The molecule has 1 aliphatic rings. The third-order valence-corrected chi connectivity index (χ3v) is 4.76. The van der Waals surface area contributed by atoms with Crippen LogP contribution >= 0.6 is 0 Å². The van der Waals surface area contributed by atoms with Crippen molar-refractivity contribution in [2.45, 2.75) is 6.42 Å². The van der Waals surface area contributed by atoms with Crippen LogP contribution in [0.3, 0.4) is 0 Å². The first-order valence-electron chi connectivity index (χ1n) is 8.59. The normalized spacial score (nSPS) is 16.8. The van der Waals surface area contributed by atoms with Crippen molar-refractivity contribution < 1.29 is 4.79 Å². The summed E-state index contributed by atoms with van der Waals surface area (Å²) in [6, 6.07) is 13.4. The first-order chi connectivity index (χ1) is 12.6. The van der Waals surface area contributed by atoms with Crippen molar-refractivity contribution in [3.63, 3.8) is 0 Å². The molecule has 0 saturated carbocycles. The number of pyridine rings is 1. The molecule has 1 aromatic carbocycles. The van der Waals surface area contributed by atoms with Gasteiger partial charge in [0.15, 0.2) is 5.82 Å². The van der Waals surface area contributed by atoms with Gasteiger partial charge in [-0.15, -0.1) is 0 Å². The SMILES string of the molecule is CN(C(=O)C1CCN(c2nc(N)nc3cccnc23)C1)c1ccccc1. The molecule has 26 heavy (non-hydrogen) atoms. The van der Waals surface area contributed by atoms with Crippen LogP contribution in [0.4, 0.5) is 17.5 Å². The van der Waals surface area contributed by atoms with E-state index < -0.39 is 0 Å². The van der Waals surface area contributed by atoms with Crippen LogP contribution in [0.15, 0.2) is 48.7 Å². The predicted octanol–water partition coefficient (Wildman–Crippen LogP) is 2.10. The second-order valence-electron chi connectivity index (χ2n) is 6.44. The number of amides is 1. The Morgan fingerprint density at radius 2 is 2.00 bits per heavy atom. The fourth-order valence-electron chi connectivity index (χ4n) is 3.40. The molecule has 0 radical (unpaired) electrons. The summed E-state index contributed by atoms with van der Waals surface area (Å²) in [6.07, 6.45) is 2.49. The van der Waals surface area contributed by atoms with Gasteiger partial charge >= 0.3 is 0 Å². The zero-order chi connectivity index (χ0) is 18.1. The van der Waals surface area contributed by atoms with E-state index in [2.05, 4.69) is 19.9 Å². The molecule has 1 amide bonds. The van der Waals surface area contributed by atoms with Crippen molar-refractivity contribution >= 4 is 34.4 Å². The zero-order valence-corrected chi connectivity index (χ0v) is 14.5. The monoisotopic (exact) mass is 348 g/mol. The van der Waals surface area contributed by atoms with Gasteiger partial charge in [-0.3, -0.25) is 9.78 Å². The number of nitrogens with zero attached hydrogens (tertiary/aromatic N) is 5. The van der Waals surface area contributed by atoms with E-state index in [0.717, 1.165) is 18.7 Å². The van der Waals surface area contributed by atoms with Gasteiger partial charge in [0, 0.05) is 32.0 Å². The molecule has 4 rings (SSSR count). The molecular weight excluding hydrogens is 328 g/mol. The minimum atomic E-state index is -0.0878. The molecule has 0 spiro atoms. The third kappa shape index (κ3) is 2.92. The molecule has 132 valence electrons. The lowest BCUT2D eigenvalue weighted by Gasteiger charge is -2.22. The molecule has 1 unspecified atom stereocenters. The van der Waals surface area contributed by atoms with E-state index >= 15 is 0 Å². The van der Waals surface area contributed by atoms with Gasteiger partial charge in [-0.25, -0.2) is 4.98 Å². The molecule has 0 aliphatic carbocycles. The number of hydrogen-bond donors (Lipinski definition) is 1. The average Bonchev–Trinajstić information content (AvgIpc) is 3.17. The van der Waals surface area contributed by atoms with Crippen LogP contribution < -0.4 is 15.5 Å². The van der Waals surface area contributed by atoms with Crippen LogP contribution in [0.25, 0.3) is 11.0 Å². The number of rotatable bonds is 3. The van der Waals surface area contributed by atoms with Crippen LogP contribution in [0.2, 0.25) is 0 Å². The molecular formula is C19H20N6O. The molecule has 7 heteroatoms. The van der Waals surface area contributed by atoms with E-state index in [-0.39, 0.29) is 17.8 Å². The number of carbonyl (C=O) groups excluding carboxylic acids is 1. The summed E-state index contributed by atoms with van der Waals surface area (Å²) in [6.45, 7) is 1.33. The topological polar surface area (TPSA) is 88.2 Å². The number of anilines is 3. The van der Waals surface area contributed by atoms with E-state index in [9.17, 15) is 4.79 Å². The predicted molar refractivity (Wildman–Crippen MR) is 102 cm³/mol. The Bertz CT molecular complexity index is 945. The van der Waals surface area contributed by atoms with Crippen molar-refractivity contribution in [3.8, 4) is 0 Å². The Hall–Kier alpha value is -3.22. The summed E-state index contributed by atoms with van der Waals surface area (Å²) in [5.74, 6) is 0.940. The lowest BCUT2D eigenvalue weighted by molar-refractivity contribution is -0.121. The Morgan fingerprint density at radius 3 is 2.81 bits per heavy atom. The first kappa shape index (κ1) is 16.3. The van der Waals surface area contributed by atoms with Crippen LogP contribution in [0, 0.1) is 5.92 Å². The summed E-state index contributed by atoms with van der Waals surface area (Å²) < 4.78 is 0. The average molecular weight is 348 g/mol. The van der Waals surface area contributed by atoms with Crippen LogP contribution in [-0.4, -0.2) is 41.0 Å². The number of nitrogens with two attached hydrogens (primary N) is 1. The first-order valence-corrected chi connectivity index (χ1v) is 8.59. The molecule has 3 aromatic rings. The van der Waals surface area contributed by atoms with E-state index in [1.807, 2.05) is 49.5 Å². The minimum absolute atomic E-state index is 0.0878. The second kappa shape index (κ2) is 6.59. The van der Waals surface area contributed by atoms with Gasteiger partial charge in [-0.2, -0.15) is 4.98 Å². The van der Waals surface area contributed by atoms with Gasteiger partial charge in [-0.1, -0.05) is 18.2 Å². The highest BCUT2D eigenvalue weighted by atomic mass is 16.2. The minimum Gasteiger partial charge on any atom is -0.368 e. The molecule has 7 nitrogen and oxygen atoms in total. The number of benzene rings is 1. The van der Waals surface area contributed by atoms with Gasteiger partial charge < -0.3 is 15.5 Å². The van der Waals surface area contributed by atoms with Crippen molar-refractivity contribution in [3.05, 3.63) is 48.7 Å². The maximum Gasteiger partial charge on any atom is 0.231 e. The van der Waals surface area contributed by atoms with Crippen molar-refractivity contribution in [1.29, 1.82) is 0 Å². The zero-order valence-electron chi connectivity index (χ0n) is 14.5. The molecule has 0 bridgehead atoms. The Morgan fingerprint density at radius 1 is 1.19 bits per heavy atom. The molecule has 2 N–H and O–H groups in total. The lowest BCUT2D eigenvalue weighted by Crippen LogP contribution is -2.34. The smallest absolute Gasteiger partial charge is 0.231 e. The highest BCUT2D eigenvalue weighted by Gasteiger charge is 2.32. The number of para-hydroxylation sites is 1. The Kier molecular flexibility index (Phi) is 4.12. The summed E-state index contributed by atoms with van der Waals surface area (Å²) in [5.41, 5.74) is 8.18. The summed E-state index contributed by atoms with van der Waals surface area (Å²) in [7, 11) is 1.82. The van der Waals surface area contributed by atoms with Gasteiger partial charge in [-0.05, 0) is 30.7 Å². The number of hydrogen-bond acceptors (Lipinski definition) is 6. The maximum absolute atomic E-state index is 12.9. The Balaban J connectivity index is 1.57. The Labute approximate surface area is 151 Å². The molecule has 3 heterocycles. The molecule has 1 aliphatic heterocycles. The van der Waals surface area contributed by atoms with Crippen LogP contribution in [0.1, 0.15) is 6.42 Å². The van der Waals surface area contributed by atoms with E-state index in [1.54, 1.807) is 11.1 Å². The van der Waals surface area contributed by atoms with Gasteiger partial charge in [0.25, 0.3) is 0 Å². The van der Waals surface area contributed by atoms with Gasteiger partial charge in [0.1, 0.15) is 5.52 Å². The summed E-state index contributed by atoms with van der Waals surface area (Å²) in [4.78, 5) is 29.7. The number of nitrogen functional groups attached to an aromatic ring is 1. The number of aromatic nitrogens is 3. The summed E-state index contributed by atoms with van der Waals surface area (Å²) in [5, 5.41) is 0. The van der Waals surface area contributed by atoms with E-state index in [0.29, 0.717) is 23.4 Å². The maximum atomic E-state index is 12.9. The van der Waals surface area contributed by atoms with Gasteiger partial charge in [0.05, 0.1) is 11.4 Å². The number of carbonyl (C=O) groups is 1. The number of fused-ring (bicyclic) bond motifs is 1. The highest BCUT2D eigenvalue weighted by molar-refractivity contribution is 5.95. The second-order valence-corrected chi connectivity index (χ2v) is 6.44. The van der Waals surface area contributed by atoms with Crippen LogP contribution in [0.5, 0.6) is 0 Å². The molecule has 1 atom stereocenters. The molecule has 1 fully saturated rings. The van der Waals surface area contributed by atoms with Crippen molar-refractivity contribution in [1.82, 2.24) is 15.0 Å². The highest BCUT2D eigenvalue weighted by Crippen LogP contribution is 2.29. The quantitative estimate of drug-likeness (QED) is 0.780. The van der Waals surface area contributed by atoms with Crippen molar-refractivity contribution in [2.75, 3.05) is 35.7 Å². The fraction of sp³-hybridized carbons (Fsp3) is 0.263. The van der Waals surface area contributed by atoms with E-state index in [1.165, 1.54) is 0 Å².